The summed E-state index contributed by atoms with van der Waals surface area (Å²) in [6, 6.07) is 7.47. The number of aromatic nitrogens is 1. The lowest BCUT2D eigenvalue weighted by Gasteiger charge is -2.25. The summed E-state index contributed by atoms with van der Waals surface area (Å²) in [5.74, 6) is -0.527. The molecule has 2 aromatic rings. The Morgan fingerprint density at radius 1 is 1.25 bits per heavy atom. The number of rotatable bonds is 1. The van der Waals surface area contributed by atoms with Crippen LogP contribution in [-0.2, 0) is 6.42 Å². The van der Waals surface area contributed by atoms with Gasteiger partial charge in [0.2, 0.25) is 5.95 Å². The molecule has 1 aliphatic rings. The molecule has 0 saturated heterocycles. The molecule has 0 spiro atoms. The van der Waals surface area contributed by atoms with E-state index in [9.17, 15) is 9.18 Å². The summed E-state index contributed by atoms with van der Waals surface area (Å²) in [7, 11) is 0. The van der Waals surface area contributed by atoms with Crippen LogP contribution in [0.4, 0.5) is 4.39 Å². The van der Waals surface area contributed by atoms with E-state index in [0.717, 1.165) is 23.1 Å². The van der Waals surface area contributed by atoms with Crippen molar-refractivity contribution >= 4 is 5.91 Å². The van der Waals surface area contributed by atoms with Crippen molar-refractivity contribution in [3.8, 4) is 11.1 Å². The molecule has 0 aliphatic carbocycles. The minimum Gasteiger partial charge on any atom is -0.349 e. The van der Waals surface area contributed by atoms with Crippen LogP contribution in [0.25, 0.3) is 11.1 Å². The van der Waals surface area contributed by atoms with Crippen LogP contribution >= 0.6 is 0 Å². The third-order valence-corrected chi connectivity index (χ3v) is 3.74. The van der Waals surface area contributed by atoms with Crippen molar-refractivity contribution < 1.29 is 9.18 Å². The van der Waals surface area contributed by atoms with E-state index < -0.39 is 5.95 Å². The van der Waals surface area contributed by atoms with Gasteiger partial charge in [-0.2, -0.15) is 4.39 Å². The van der Waals surface area contributed by atoms with Gasteiger partial charge in [0.1, 0.15) is 0 Å². The molecule has 4 heteroatoms. The number of nitrogens with one attached hydrogen (secondary N) is 1. The molecule has 1 aromatic carbocycles. The van der Waals surface area contributed by atoms with Crippen molar-refractivity contribution in [2.45, 2.75) is 26.3 Å². The fourth-order valence-corrected chi connectivity index (χ4v) is 2.73. The molecule has 2 heterocycles. The smallest absolute Gasteiger partial charge is 0.251 e. The van der Waals surface area contributed by atoms with Crippen molar-refractivity contribution in [3.63, 3.8) is 0 Å². The molecular formula is C16H15FN2O. The first-order valence-corrected chi connectivity index (χ1v) is 6.62. The molecule has 3 nitrogen and oxygen atoms in total. The van der Waals surface area contributed by atoms with Gasteiger partial charge in [-0.25, -0.2) is 4.98 Å². The van der Waals surface area contributed by atoms with Gasteiger partial charge in [-0.05, 0) is 49.1 Å². The largest absolute Gasteiger partial charge is 0.349 e. The van der Waals surface area contributed by atoms with Gasteiger partial charge in [0.25, 0.3) is 5.91 Å². The number of fused-ring (bicyclic) bond motifs is 1. The van der Waals surface area contributed by atoms with E-state index in [0.29, 0.717) is 11.1 Å². The predicted molar refractivity (Wildman–Crippen MR) is 75.0 cm³/mol. The van der Waals surface area contributed by atoms with Gasteiger partial charge in [-0.1, -0.05) is 12.1 Å². The lowest BCUT2D eigenvalue weighted by atomic mass is 9.87. The van der Waals surface area contributed by atoms with Crippen LogP contribution in [0.15, 0.2) is 30.5 Å². The zero-order valence-corrected chi connectivity index (χ0v) is 11.4. The van der Waals surface area contributed by atoms with E-state index in [1.54, 1.807) is 13.0 Å². The van der Waals surface area contributed by atoms with Gasteiger partial charge in [-0.3, -0.25) is 4.79 Å². The van der Waals surface area contributed by atoms with E-state index in [4.69, 9.17) is 0 Å². The number of pyridine rings is 1. The van der Waals surface area contributed by atoms with Crippen LogP contribution in [0, 0.1) is 12.9 Å². The number of halogens is 1. The number of amides is 1. The van der Waals surface area contributed by atoms with Crippen molar-refractivity contribution in [1.29, 1.82) is 0 Å². The SMILES string of the molecule is Cc1c(-c2cccc3c2CC(C)NC3=O)ccnc1F. The molecule has 20 heavy (non-hydrogen) atoms. The van der Waals surface area contributed by atoms with Crippen LogP contribution in [0.2, 0.25) is 0 Å². The lowest BCUT2D eigenvalue weighted by Crippen LogP contribution is -2.39. The molecule has 0 saturated carbocycles. The summed E-state index contributed by atoms with van der Waals surface area (Å²) in [5.41, 5.74) is 3.90. The fourth-order valence-electron chi connectivity index (χ4n) is 2.73. The summed E-state index contributed by atoms with van der Waals surface area (Å²) < 4.78 is 13.7. The second-order valence-corrected chi connectivity index (χ2v) is 5.18. The monoisotopic (exact) mass is 270 g/mol. The quantitative estimate of drug-likeness (QED) is 0.810. The molecule has 1 atom stereocenters. The maximum absolute atomic E-state index is 13.7. The molecule has 0 bridgehead atoms. The second-order valence-electron chi connectivity index (χ2n) is 5.18. The number of carbonyl (C=O) groups excluding carboxylic acids is 1. The molecule has 3 rings (SSSR count). The minimum atomic E-state index is -0.464. The minimum absolute atomic E-state index is 0.0622. The standard InChI is InChI=1S/C16H15FN2O/c1-9-8-14-12(4-3-5-13(14)16(20)19-9)11-6-7-18-15(17)10(11)2/h3-7,9H,8H2,1-2H3,(H,19,20). The van der Waals surface area contributed by atoms with Crippen LogP contribution < -0.4 is 5.32 Å². The van der Waals surface area contributed by atoms with Crippen molar-refractivity contribution in [3.05, 3.63) is 53.1 Å². The summed E-state index contributed by atoms with van der Waals surface area (Å²) in [4.78, 5) is 15.7. The molecule has 1 N–H and O–H groups in total. The van der Waals surface area contributed by atoms with Gasteiger partial charge < -0.3 is 5.32 Å². The number of hydrogen-bond acceptors (Lipinski definition) is 2. The Kier molecular flexibility index (Phi) is 3.01. The Labute approximate surface area is 116 Å². The number of hydrogen-bond donors (Lipinski definition) is 1. The Morgan fingerprint density at radius 3 is 2.80 bits per heavy atom. The van der Waals surface area contributed by atoms with Crippen LogP contribution in [0.3, 0.4) is 0 Å². The number of carbonyl (C=O) groups is 1. The highest BCUT2D eigenvalue weighted by molar-refractivity contribution is 5.99. The third kappa shape index (κ3) is 1.97. The topological polar surface area (TPSA) is 42.0 Å². The molecule has 0 radical (unpaired) electrons. The predicted octanol–water partition coefficient (Wildman–Crippen LogP) is 2.87. The summed E-state index contributed by atoms with van der Waals surface area (Å²) in [6.45, 7) is 3.68. The molecule has 1 amide bonds. The van der Waals surface area contributed by atoms with Gasteiger partial charge in [0, 0.05) is 23.4 Å². The summed E-state index contributed by atoms with van der Waals surface area (Å²) >= 11 is 0. The van der Waals surface area contributed by atoms with Crippen molar-refractivity contribution in [1.82, 2.24) is 10.3 Å². The van der Waals surface area contributed by atoms with Gasteiger partial charge in [-0.15, -0.1) is 0 Å². The third-order valence-electron chi connectivity index (χ3n) is 3.74. The highest BCUT2D eigenvalue weighted by Gasteiger charge is 2.24. The molecular weight excluding hydrogens is 255 g/mol. The molecule has 1 aliphatic heterocycles. The van der Waals surface area contributed by atoms with Crippen molar-refractivity contribution in [2.75, 3.05) is 0 Å². The average molecular weight is 270 g/mol. The Hall–Kier alpha value is -2.23. The first-order chi connectivity index (χ1) is 9.58. The first-order valence-electron chi connectivity index (χ1n) is 6.62. The Morgan fingerprint density at radius 2 is 2.00 bits per heavy atom. The van der Waals surface area contributed by atoms with Crippen LogP contribution in [0.1, 0.15) is 28.4 Å². The van der Waals surface area contributed by atoms with E-state index in [-0.39, 0.29) is 11.9 Å². The number of benzene rings is 1. The van der Waals surface area contributed by atoms with Crippen LogP contribution in [0.5, 0.6) is 0 Å². The molecule has 1 aromatic heterocycles. The molecule has 1 unspecified atom stereocenters. The average Bonchev–Trinajstić information content (AvgIpc) is 2.41. The summed E-state index contributed by atoms with van der Waals surface area (Å²) in [5, 5.41) is 2.91. The highest BCUT2D eigenvalue weighted by atomic mass is 19.1. The van der Waals surface area contributed by atoms with E-state index in [1.165, 1.54) is 6.20 Å². The number of nitrogens with zero attached hydrogens (tertiary/aromatic N) is 1. The van der Waals surface area contributed by atoms with E-state index >= 15 is 0 Å². The highest BCUT2D eigenvalue weighted by Crippen LogP contribution is 2.31. The second kappa shape index (κ2) is 4.71. The van der Waals surface area contributed by atoms with Gasteiger partial charge in [0.15, 0.2) is 0 Å². The zero-order chi connectivity index (χ0) is 14.3. The van der Waals surface area contributed by atoms with Gasteiger partial charge in [0.05, 0.1) is 0 Å². The lowest BCUT2D eigenvalue weighted by molar-refractivity contribution is 0.0929. The van der Waals surface area contributed by atoms with Crippen LogP contribution in [-0.4, -0.2) is 16.9 Å². The zero-order valence-electron chi connectivity index (χ0n) is 11.4. The maximum Gasteiger partial charge on any atom is 0.251 e. The van der Waals surface area contributed by atoms with Crippen molar-refractivity contribution in [2.24, 2.45) is 0 Å². The first kappa shape index (κ1) is 12.8. The normalized spacial score (nSPS) is 17.6. The Bertz CT molecular complexity index is 697. The van der Waals surface area contributed by atoms with E-state index in [1.807, 2.05) is 25.1 Å². The van der Waals surface area contributed by atoms with Gasteiger partial charge >= 0.3 is 0 Å². The van der Waals surface area contributed by atoms with E-state index in [2.05, 4.69) is 10.3 Å². The fraction of sp³-hybridized carbons (Fsp3) is 0.250. The Balaban J connectivity index is 2.23. The molecule has 102 valence electrons. The summed E-state index contributed by atoms with van der Waals surface area (Å²) in [6.07, 6.45) is 2.21. The maximum atomic E-state index is 13.7. The molecule has 0 fully saturated rings.